The lowest BCUT2D eigenvalue weighted by molar-refractivity contribution is 0.0978. The maximum absolute atomic E-state index is 14.9. The molecule has 0 amide bonds. The van der Waals surface area contributed by atoms with Crippen LogP contribution in [0.15, 0.2) is 93.4 Å². The van der Waals surface area contributed by atoms with Gasteiger partial charge in [0.1, 0.15) is 0 Å². The first kappa shape index (κ1) is 48.2. The van der Waals surface area contributed by atoms with E-state index in [0.29, 0.717) is 67.2 Å². The van der Waals surface area contributed by atoms with Gasteiger partial charge in [-0.1, -0.05) is 108 Å². The Hall–Kier alpha value is -4.26. The van der Waals surface area contributed by atoms with Crippen molar-refractivity contribution in [3.8, 4) is 11.1 Å². The van der Waals surface area contributed by atoms with Crippen LogP contribution in [0, 0.1) is 0 Å². The fourth-order valence-electron chi connectivity index (χ4n) is 7.26. The number of anilines is 4. The average molecular weight is 1040 g/mol. The van der Waals surface area contributed by atoms with E-state index in [1.165, 1.54) is 47.0 Å². The molecule has 2 aliphatic carbocycles. The molecule has 0 radical (unpaired) electrons. The Kier molecular flexibility index (Phi) is 16.6. The minimum atomic E-state index is -0.432. The van der Waals surface area contributed by atoms with Gasteiger partial charge in [0.15, 0.2) is 43.8 Å². The molecule has 20 heteroatoms. The van der Waals surface area contributed by atoms with Crippen molar-refractivity contribution in [3.63, 3.8) is 0 Å². The Morgan fingerprint density at radius 1 is 0.364 bits per heavy atom. The Morgan fingerprint density at radius 2 is 0.652 bits per heavy atom. The van der Waals surface area contributed by atoms with Crippen molar-refractivity contribution in [3.05, 3.63) is 117 Å². The second-order valence-corrected chi connectivity index (χ2v) is 20.3. The molecule has 2 aliphatic rings. The average Bonchev–Trinajstić information content (AvgIpc) is 3.32. The standard InChI is InChI=1S/C46H38Cl4N8O4S4/c47-17-5-21-63-43-53-41(54-44(57-43)64-22-6-18-48)51-31-15-13-25(33-35(31)39(61)29-11-3-1-9-27(29)37(33)59)26-14-16-32(36-34(26)38(60)28-10-2-4-12-30(28)40(36)62)52-42-55-45(65-23-7-19-49)58-46(56-42)66-24-8-20-50/h1-4,9-16H,5-8,17-24H2,(H,51,53,54,57)(H,52,55,56,58). The van der Waals surface area contributed by atoms with Crippen molar-refractivity contribution >= 4 is 140 Å². The number of carbonyl (C=O) groups is 4. The highest BCUT2D eigenvalue weighted by molar-refractivity contribution is 8.00. The molecule has 2 N–H and O–H groups in total. The number of benzene rings is 4. The molecule has 0 fully saturated rings. The summed E-state index contributed by atoms with van der Waals surface area (Å²) in [7, 11) is 0. The number of hydrogen-bond acceptors (Lipinski definition) is 16. The van der Waals surface area contributed by atoms with Crippen molar-refractivity contribution < 1.29 is 19.2 Å². The lowest BCUT2D eigenvalue weighted by atomic mass is 9.75. The number of thioether (sulfide) groups is 4. The van der Waals surface area contributed by atoms with Crippen molar-refractivity contribution in [2.75, 3.05) is 57.2 Å². The van der Waals surface area contributed by atoms with E-state index in [4.69, 9.17) is 46.4 Å². The summed E-state index contributed by atoms with van der Waals surface area (Å²) in [6, 6.07) is 19.9. The van der Waals surface area contributed by atoms with Gasteiger partial charge in [-0.15, -0.1) is 46.4 Å². The van der Waals surface area contributed by atoms with Crippen LogP contribution in [-0.2, 0) is 0 Å². The fourth-order valence-corrected chi connectivity index (χ4v) is 11.6. The molecule has 338 valence electrons. The third-order valence-electron chi connectivity index (χ3n) is 10.2. The Bertz CT molecular complexity index is 2610. The molecule has 0 saturated heterocycles. The fraction of sp³-hybridized carbons (Fsp3) is 0.261. The molecule has 66 heavy (non-hydrogen) atoms. The number of nitrogens with one attached hydrogen (secondary N) is 2. The molecule has 0 spiro atoms. The van der Waals surface area contributed by atoms with Crippen molar-refractivity contribution in [2.24, 2.45) is 0 Å². The first-order valence-electron chi connectivity index (χ1n) is 20.8. The second-order valence-electron chi connectivity index (χ2n) is 14.5. The third-order valence-corrected chi connectivity index (χ3v) is 15.0. The van der Waals surface area contributed by atoms with E-state index in [1.807, 2.05) is 0 Å². The van der Waals surface area contributed by atoms with Crippen LogP contribution in [0.1, 0.15) is 89.4 Å². The number of carbonyl (C=O) groups excluding carboxylic acids is 4. The molecule has 0 unspecified atom stereocenters. The first-order valence-corrected chi connectivity index (χ1v) is 26.8. The number of halogens is 4. The predicted molar refractivity (Wildman–Crippen MR) is 269 cm³/mol. The lowest BCUT2D eigenvalue weighted by Crippen LogP contribution is -2.25. The zero-order valence-corrected chi connectivity index (χ0v) is 41.2. The van der Waals surface area contributed by atoms with Gasteiger partial charge in [-0.2, -0.15) is 29.9 Å². The predicted octanol–water partition coefficient (Wildman–Crippen LogP) is 11.6. The van der Waals surface area contributed by atoms with Crippen molar-refractivity contribution in [1.29, 1.82) is 0 Å². The van der Waals surface area contributed by atoms with Gasteiger partial charge in [-0.25, -0.2) is 0 Å². The quantitative estimate of drug-likeness (QED) is 0.0395. The van der Waals surface area contributed by atoms with E-state index in [-0.39, 0.29) is 78.9 Å². The summed E-state index contributed by atoms with van der Waals surface area (Å²) < 4.78 is 0. The first-order chi connectivity index (χ1) is 32.2. The van der Waals surface area contributed by atoms with Gasteiger partial charge in [0.25, 0.3) is 0 Å². The van der Waals surface area contributed by atoms with Crippen LogP contribution >= 0.6 is 93.5 Å². The summed E-state index contributed by atoms with van der Waals surface area (Å²) >= 11 is 29.6. The van der Waals surface area contributed by atoms with Crippen LogP contribution in [0.5, 0.6) is 0 Å². The number of alkyl halides is 4. The molecule has 0 aliphatic heterocycles. The molecular weight excluding hydrogens is 999 g/mol. The summed E-state index contributed by atoms with van der Waals surface area (Å²) in [6.45, 7) is 0. The molecule has 0 saturated carbocycles. The summed E-state index contributed by atoms with van der Waals surface area (Å²) in [6.07, 6.45) is 2.96. The normalized spacial score (nSPS) is 12.7. The number of hydrogen-bond donors (Lipinski definition) is 2. The number of fused-ring (bicyclic) bond motifs is 4. The van der Waals surface area contributed by atoms with Crippen molar-refractivity contribution in [2.45, 2.75) is 46.3 Å². The lowest BCUT2D eigenvalue weighted by Gasteiger charge is -2.26. The van der Waals surface area contributed by atoms with Gasteiger partial charge in [-0.3, -0.25) is 19.2 Å². The number of nitrogens with zero attached hydrogens (tertiary/aromatic N) is 6. The second kappa shape index (κ2) is 22.7. The van der Waals surface area contributed by atoms with Crippen LogP contribution in [-0.4, -0.2) is 99.6 Å². The highest BCUT2D eigenvalue weighted by Crippen LogP contribution is 2.44. The molecular formula is C46H38Cl4N8O4S4. The van der Waals surface area contributed by atoms with Crippen LogP contribution < -0.4 is 10.6 Å². The van der Waals surface area contributed by atoms with E-state index in [1.54, 1.807) is 72.8 Å². The summed E-state index contributed by atoms with van der Waals surface area (Å²) in [5, 5.41) is 8.35. The topological polar surface area (TPSA) is 170 Å². The summed E-state index contributed by atoms with van der Waals surface area (Å²) in [4.78, 5) is 87.1. The van der Waals surface area contributed by atoms with E-state index in [9.17, 15) is 19.2 Å². The Labute approximate surface area is 417 Å². The highest BCUT2D eigenvalue weighted by atomic mass is 35.5. The van der Waals surface area contributed by atoms with Gasteiger partial charge in [-0.05, 0) is 48.9 Å². The molecule has 4 aromatic carbocycles. The number of rotatable bonds is 21. The van der Waals surface area contributed by atoms with Crippen LogP contribution in [0.2, 0.25) is 0 Å². The maximum atomic E-state index is 14.9. The maximum Gasteiger partial charge on any atom is 0.232 e. The zero-order chi connectivity index (χ0) is 46.2. The van der Waals surface area contributed by atoms with E-state index in [2.05, 4.69) is 40.5 Å². The minimum absolute atomic E-state index is 0.0582. The van der Waals surface area contributed by atoms with Gasteiger partial charge in [0, 0.05) is 79.9 Å². The highest BCUT2D eigenvalue weighted by Gasteiger charge is 2.39. The van der Waals surface area contributed by atoms with Crippen LogP contribution in [0.3, 0.4) is 0 Å². The molecule has 0 atom stereocenters. The van der Waals surface area contributed by atoms with Crippen LogP contribution in [0.4, 0.5) is 23.3 Å². The van der Waals surface area contributed by atoms with Gasteiger partial charge < -0.3 is 10.6 Å². The van der Waals surface area contributed by atoms with Crippen LogP contribution in [0.25, 0.3) is 11.1 Å². The largest absolute Gasteiger partial charge is 0.323 e. The molecule has 0 bridgehead atoms. The van der Waals surface area contributed by atoms with Gasteiger partial charge in [0.2, 0.25) is 11.9 Å². The van der Waals surface area contributed by atoms with Gasteiger partial charge >= 0.3 is 0 Å². The molecule has 2 heterocycles. The molecule has 2 aromatic heterocycles. The third kappa shape index (κ3) is 10.6. The summed E-state index contributed by atoms with van der Waals surface area (Å²) in [5.41, 5.74) is 2.23. The number of ketones is 4. The smallest absolute Gasteiger partial charge is 0.232 e. The zero-order valence-electron chi connectivity index (χ0n) is 34.9. The minimum Gasteiger partial charge on any atom is -0.323 e. The monoisotopic (exact) mass is 1030 g/mol. The van der Waals surface area contributed by atoms with Gasteiger partial charge in [0.05, 0.1) is 22.5 Å². The Balaban J connectivity index is 1.28. The number of aromatic nitrogens is 6. The van der Waals surface area contributed by atoms with E-state index >= 15 is 0 Å². The van der Waals surface area contributed by atoms with E-state index in [0.717, 1.165) is 25.7 Å². The Morgan fingerprint density at radius 3 is 0.939 bits per heavy atom. The molecule has 8 rings (SSSR count). The van der Waals surface area contributed by atoms with E-state index < -0.39 is 23.1 Å². The SMILES string of the molecule is O=C1c2ccccc2C(=O)c2c(-c3ccc(Nc4nc(SCCCCl)nc(SCCCCl)n4)c4c3C(=O)c3ccccc3C4=O)ccc(Nc3nc(SCCCCl)nc(SCCCCl)n3)c21. The summed E-state index contributed by atoms with van der Waals surface area (Å²) in [5.74, 6) is 3.29. The van der Waals surface area contributed by atoms with Crippen molar-refractivity contribution in [1.82, 2.24) is 29.9 Å². The molecule has 12 nitrogen and oxygen atoms in total. The molecule has 6 aromatic rings.